The van der Waals surface area contributed by atoms with Crippen LogP contribution in [0.4, 0.5) is 0 Å². The quantitative estimate of drug-likeness (QED) is 0.752. The average Bonchev–Trinajstić information content (AvgIpc) is 2.77. The van der Waals surface area contributed by atoms with Crippen molar-refractivity contribution in [1.82, 2.24) is 0 Å². The second-order valence-electron chi connectivity index (χ2n) is 8.18. The molecule has 0 aromatic heterocycles. The Morgan fingerprint density at radius 1 is 1.15 bits per heavy atom. The second-order valence-corrected chi connectivity index (χ2v) is 9.65. The molecule has 2 N–H and O–H groups in total. The lowest BCUT2D eigenvalue weighted by Crippen LogP contribution is -2.32. The highest BCUT2D eigenvalue weighted by Gasteiger charge is 2.63. The zero-order valence-corrected chi connectivity index (χ0v) is 13.6. The first-order valence-electron chi connectivity index (χ1n) is 7.90. The zero-order chi connectivity index (χ0) is 14.8. The zero-order valence-electron chi connectivity index (χ0n) is 12.7. The van der Waals surface area contributed by atoms with Crippen LogP contribution in [-0.4, -0.2) is 9.79 Å². The molecule has 4 bridgehead atoms. The van der Waals surface area contributed by atoms with Gasteiger partial charge in [0.05, 0.1) is 0 Å². The number of hydrogen-bond donors (Lipinski definition) is 2. The fraction of sp³-hybridized carbons (Fsp3) is 0.875. The van der Waals surface area contributed by atoms with Crippen LogP contribution in [0.25, 0.3) is 0 Å². The monoisotopic (exact) mass is 298 g/mol. The van der Waals surface area contributed by atoms with E-state index in [4.69, 9.17) is 9.79 Å². The Balaban J connectivity index is 1.98. The first kappa shape index (κ1) is 14.8. The van der Waals surface area contributed by atoms with Crippen LogP contribution < -0.4 is 0 Å². The minimum absolute atomic E-state index is 0.257. The van der Waals surface area contributed by atoms with Gasteiger partial charge in [0.2, 0.25) is 0 Å². The summed E-state index contributed by atoms with van der Waals surface area (Å²) in [4.78, 5) is 18.3. The smallest absolute Gasteiger partial charge is 0.321 e. The molecule has 3 nitrogen and oxygen atoms in total. The van der Waals surface area contributed by atoms with Gasteiger partial charge in [-0.15, -0.1) is 0 Å². The van der Waals surface area contributed by atoms with Gasteiger partial charge in [-0.05, 0) is 60.2 Å². The molecule has 3 aliphatic rings. The van der Waals surface area contributed by atoms with Crippen molar-refractivity contribution in [3.05, 3.63) is 11.9 Å². The van der Waals surface area contributed by atoms with Crippen LogP contribution in [0.1, 0.15) is 52.9 Å². The largest absolute Gasteiger partial charge is 0.348 e. The normalized spacial score (nSPS) is 46.9. The van der Waals surface area contributed by atoms with Crippen molar-refractivity contribution >= 4 is 7.60 Å². The molecule has 0 aromatic rings. The van der Waals surface area contributed by atoms with Crippen molar-refractivity contribution in [1.29, 1.82) is 0 Å². The minimum Gasteiger partial charge on any atom is -0.321 e. The number of allylic oxidation sites excluding steroid dienone is 1. The van der Waals surface area contributed by atoms with E-state index in [9.17, 15) is 4.57 Å². The number of rotatable bonds is 2. The van der Waals surface area contributed by atoms with Crippen LogP contribution >= 0.6 is 7.60 Å². The van der Waals surface area contributed by atoms with Gasteiger partial charge in [0, 0.05) is 5.82 Å². The highest BCUT2D eigenvalue weighted by atomic mass is 31.2. The molecule has 0 heterocycles. The topological polar surface area (TPSA) is 57.5 Å². The Labute approximate surface area is 122 Å². The predicted molar refractivity (Wildman–Crippen MR) is 80.1 cm³/mol. The molecule has 0 spiro atoms. The molecule has 3 rings (SSSR count). The fourth-order valence-electron chi connectivity index (χ4n) is 6.04. The first-order chi connectivity index (χ1) is 9.15. The molecule has 4 heteroatoms. The average molecular weight is 298 g/mol. The summed E-state index contributed by atoms with van der Waals surface area (Å²) in [5, 5.41) is 0. The summed E-state index contributed by atoms with van der Waals surface area (Å²) in [5.74, 6) is 3.64. The molecule has 0 aliphatic heterocycles. The van der Waals surface area contributed by atoms with Crippen LogP contribution in [-0.2, 0) is 4.57 Å². The SMILES string of the molecule is CC1(C)CCC[C@@]2(C)[C@@H]3CC[C@@H]([C@@H]31)[C@@H]2/C=C/P(=O)(O)O. The Bertz CT molecular complexity index is 478. The van der Waals surface area contributed by atoms with E-state index in [1.807, 2.05) is 6.08 Å². The molecule has 20 heavy (non-hydrogen) atoms. The van der Waals surface area contributed by atoms with Crippen molar-refractivity contribution in [2.24, 2.45) is 34.5 Å². The fourth-order valence-corrected chi connectivity index (χ4v) is 6.45. The molecule has 0 unspecified atom stereocenters. The molecule has 0 saturated heterocycles. The second kappa shape index (κ2) is 4.44. The molecule has 0 radical (unpaired) electrons. The summed E-state index contributed by atoms with van der Waals surface area (Å²) in [6.45, 7) is 7.19. The Kier molecular flexibility index (Phi) is 3.29. The van der Waals surface area contributed by atoms with Crippen molar-refractivity contribution in [3.63, 3.8) is 0 Å². The molecule has 114 valence electrons. The lowest BCUT2D eigenvalue weighted by atomic mass is 9.65. The van der Waals surface area contributed by atoms with Crippen LogP contribution in [0.2, 0.25) is 0 Å². The molecule has 0 amide bonds. The van der Waals surface area contributed by atoms with Crippen molar-refractivity contribution < 1.29 is 14.4 Å². The van der Waals surface area contributed by atoms with Crippen molar-refractivity contribution in [2.45, 2.75) is 52.9 Å². The van der Waals surface area contributed by atoms with Gasteiger partial charge >= 0.3 is 7.60 Å². The summed E-state index contributed by atoms with van der Waals surface area (Å²) >= 11 is 0. The first-order valence-corrected chi connectivity index (χ1v) is 9.58. The lowest BCUT2D eigenvalue weighted by molar-refractivity contribution is 0.119. The summed E-state index contributed by atoms with van der Waals surface area (Å²) in [5.41, 5.74) is 0.640. The van der Waals surface area contributed by atoms with Gasteiger partial charge in [0.1, 0.15) is 0 Å². The van der Waals surface area contributed by atoms with E-state index < -0.39 is 7.60 Å². The minimum atomic E-state index is -4.03. The van der Waals surface area contributed by atoms with Crippen LogP contribution in [0.5, 0.6) is 0 Å². The van der Waals surface area contributed by atoms with E-state index in [2.05, 4.69) is 20.8 Å². The summed E-state index contributed by atoms with van der Waals surface area (Å²) in [7, 11) is -4.03. The highest BCUT2D eigenvalue weighted by molar-refractivity contribution is 7.55. The van der Waals surface area contributed by atoms with Gasteiger partial charge < -0.3 is 9.79 Å². The van der Waals surface area contributed by atoms with E-state index in [0.717, 1.165) is 11.8 Å². The molecule has 5 atom stereocenters. The molecule has 3 aliphatic carbocycles. The Morgan fingerprint density at radius 2 is 1.85 bits per heavy atom. The third-order valence-corrected chi connectivity index (χ3v) is 7.26. The Hall–Kier alpha value is -0.110. The maximum Gasteiger partial charge on any atom is 0.348 e. The van der Waals surface area contributed by atoms with Gasteiger partial charge in [0.25, 0.3) is 0 Å². The summed E-state index contributed by atoms with van der Waals surface area (Å²) < 4.78 is 11.2. The predicted octanol–water partition coefficient (Wildman–Crippen LogP) is 4.17. The van der Waals surface area contributed by atoms with Gasteiger partial charge in [-0.2, -0.15) is 0 Å². The van der Waals surface area contributed by atoms with Crippen LogP contribution in [0, 0.1) is 34.5 Å². The van der Waals surface area contributed by atoms with E-state index in [1.165, 1.54) is 37.9 Å². The van der Waals surface area contributed by atoms with Crippen LogP contribution in [0.3, 0.4) is 0 Å². The summed E-state index contributed by atoms with van der Waals surface area (Å²) in [6.07, 6.45) is 8.20. The molecule has 3 saturated carbocycles. The molecular weight excluding hydrogens is 271 g/mol. The van der Waals surface area contributed by atoms with E-state index >= 15 is 0 Å². The van der Waals surface area contributed by atoms with Gasteiger partial charge in [-0.25, -0.2) is 0 Å². The number of hydrogen-bond acceptors (Lipinski definition) is 1. The molecule has 3 fully saturated rings. The van der Waals surface area contributed by atoms with Gasteiger partial charge in [-0.1, -0.05) is 33.3 Å². The van der Waals surface area contributed by atoms with E-state index in [-0.39, 0.29) is 5.41 Å². The maximum atomic E-state index is 11.2. The summed E-state index contributed by atoms with van der Waals surface area (Å²) in [6, 6.07) is 0. The van der Waals surface area contributed by atoms with Crippen molar-refractivity contribution in [3.8, 4) is 0 Å². The highest BCUT2D eigenvalue weighted by Crippen LogP contribution is 2.71. The third-order valence-electron chi connectivity index (χ3n) is 6.70. The van der Waals surface area contributed by atoms with Gasteiger partial charge in [-0.3, -0.25) is 4.57 Å². The standard InChI is InChI=1S/C16H27O3P/c1-15(2)8-4-9-16(3)12(7-10-20(17,18)19)11-5-6-13(16)14(11)15/h7,10-14H,4-6,8-9H2,1-3H3,(H2,17,18,19)/b10-7+/t11-,12+,13-,14+,16-/m1/s1. The maximum absolute atomic E-state index is 11.2. The molecular formula is C16H27O3P. The Morgan fingerprint density at radius 3 is 2.50 bits per heavy atom. The van der Waals surface area contributed by atoms with Gasteiger partial charge in [0.15, 0.2) is 0 Å². The van der Waals surface area contributed by atoms with Crippen molar-refractivity contribution in [2.75, 3.05) is 0 Å². The lowest BCUT2D eigenvalue weighted by Gasteiger charge is -2.40. The van der Waals surface area contributed by atoms with E-state index in [1.54, 1.807) is 0 Å². The van der Waals surface area contributed by atoms with Crippen LogP contribution in [0.15, 0.2) is 11.9 Å². The molecule has 0 aromatic carbocycles. The van der Waals surface area contributed by atoms with E-state index in [0.29, 0.717) is 17.3 Å². The third kappa shape index (κ3) is 2.14.